The van der Waals surface area contributed by atoms with Gasteiger partial charge in [0.25, 0.3) is 0 Å². The third kappa shape index (κ3) is 3.65. The van der Waals surface area contributed by atoms with E-state index >= 15 is 0 Å². The first-order valence-electron chi connectivity index (χ1n) is 5.96. The van der Waals surface area contributed by atoms with Crippen LogP contribution in [0.3, 0.4) is 0 Å². The van der Waals surface area contributed by atoms with Gasteiger partial charge in [0.05, 0.1) is 19.3 Å². The van der Waals surface area contributed by atoms with Crippen LogP contribution in [0.5, 0.6) is 0 Å². The van der Waals surface area contributed by atoms with Crippen molar-refractivity contribution >= 4 is 11.6 Å². The quantitative estimate of drug-likeness (QED) is 0.783. The van der Waals surface area contributed by atoms with Crippen molar-refractivity contribution in [1.82, 2.24) is 4.90 Å². The molecule has 2 N–H and O–H groups in total. The van der Waals surface area contributed by atoms with Crippen molar-refractivity contribution in [2.75, 3.05) is 32.8 Å². The van der Waals surface area contributed by atoms with Crippen molar-refractivity contribution in [2.45, 2.75) is 6.04 Å². The van der Waals surface area contributed by atoms with Gasteiger partial charge in [0.1, 0.15) is 6.54 Å². The molecule has 0 bridgehead atoms. The number of morpholine rings is 1. The van der Waals surface area contributed by atoms with Crippen LogP contribution in [0.25, 0.3) is 0 Å². The maximum Gasteiger partial charge on any atom is 0.126 e. The standard InChI is InChI=1S/C12H17ClN2O3/c13-11-3-1-10(2-4-11)12(9-15(16)17)14-5-7-18-8-6-14/h1-4,12,15-16H,5-9H2. The maximum absolute atomic E-state index is 11.0. The Morgan fingerprint density at radius 2 is 1.94 bits per heavy atom. The molecule has 0 saturated carbocycles. The summed E-state index contributed by atoms with van der Waals surface area (Å²) >= 11 is 5.86. The first kappa shape index (κ1) is 13.7. The van der Waals surface area contributed by atoms with Crippen LogP contribution >= 0.6 is 11.6 Å². The summed E-state index contributed by atoms with van der Waals surface area (Å²) in [6, 6.07) is 7.28. The van der Waals surface area contributed by atoms with E-state index in [0.717, 1.165) is 18.7 Å². The van der Waals surface area contributed by atoms with E-state index in [1.54, 1.807) is 12.1 Å². The van der Waals surface area contributed by atoms with Gasteiger partial charge >= 0.3 is 0 Å². The number of benzene rings is 1. The minimum Gasteiger partial charge on any atom is -0.600 e. The molecule has 0 radical (unpaired) electrons. The van der Waals surface area contributed by atoms with Crippen molar-refractivity contribution in [3.8, 4) is 0 Å². The summed E-state index contributed by atoms with van der Waals surface area (Å²) in [5.74, 6) is 0. The SMILES string of the molecule is [O-][NH+](O)CC(c1ccc(Cl)cc1)N1CCOCC1. The number of hydroxylamine groups is 2. The summed E-state index contributed by atoms with van der Waals surface area (Å²) in [5.41, 5.74) is 0.990. The average molecular weight is 273 g/mol. The zero-order valence-electron chi connectivity index (χ0n) is 10.0. The molecule has 0 aliphatic carbocycles. The van der Waals surface area contributed by atoms with Gasteiger partial charge < -0.3 is 9.94 Å². The number of hydrogen-bond donors (Lipinski definition) is 2. The first-order chi connectivity index (χ1) is 8.66. The Balaban J connectivity index is 2.15. The summed E-state index contributed by atoms with van der Waals surface area (Å²) < 4.78 is 5.30. The summed E-state index contributed by atoms with van der Waals surface area (Å²) in [6.07, 6.45) is 0. The van der Waals surface area contributed by atoms with Crippen LogP contribution in [-0.2, 0) is 4.74 Å². The average Bonchev–Trinajstić information content (AvgIpc) is 2.38. The van der Waals surface area contributed by atoms with E-state index < -0.39 is 5.23 Å². The highest BCUT2D eigenvalue weighted by molar-refractivity contribution is 6.30. The summed E-state index contributed by atoms with van der Waals surface area (Å²) in [4.78, 5) is 2.15. The Hall–Kier alpha value is -0.690. The molecule has 0 amide bonds. The van der Waals surface area contributed by atoms with Crippen LogP contribution in [0.2, 0.25) is 5.02 Å². The van der Waals surface area contributed by atoms with Crippen LogP contribution in [0, 0.1) is 5.21 Å². The second kappa shape index (κ2) is 6.47. The van der Waals surface area contributed by atoms with Crippen molar-refractivity contribution < 1.29 is 15.2 Å². The molecule has 1 aliphatic rings. The Morgan fingerprint density at radius 1 is 1.33 bits per heavy atom. The highest BCUT2D eigenvalue weighted by atomic mass is 35.5. The van der Waals surface area contributed by atoms with Gasteiger partial charge in [-0.25, -0.2) is 10.4 Å². The van der Waals surface area contributed by atoms with Crippen LogP contribution < -0.4 is 5.23 Å². The lowest BCUT2D eigenvalue weighted by Gasteiger charge is -2.35. The fourth-order valence-corrected chi connectivity index (χ4v) is 2.32. The molecule has 100 valence electrons. The molecule has 2 unspecified atom stereocenters. The molecule has 1 heterocycles. The second-order valence-corrected chi connectivity index (χ2v) is 4.75. The minimum absolute atomic E-state index is 0.0988. The number of hydrogen-bond acceptors (Lipinski definition) is 4. The molecular formula is C12H17ClN2O3. The smallest absolute Gasteiger partial charge is 0.126 e. The fraction of sp³-hybridized carbons (Fsp3) is 0.500. The van der Waals surface area contributed by atoms with E-state index in [0.29, 0.717) is 18.2 Å². The number of quaternary nitrogens is 1. The van der Waals surface area contributed by atoms with Crippen molar-refractivity contribution in [3.63, 3.8) is 0 Å². The number of ether oxygens (including phenoxy) is 1. The molecule has 18 heavy (non-hydrogen) atoms. The molecule has 5 nitrogen and oxygen atoms in total. The summed E-state index contributed by atoms with van der Waals surface area (Å²) in [7, 11) is 0. The molecule has 1 saturated heterocycles. The number of rotatable bonds is 4. The van der Waals surface area contributed by atoms with Crippen LogP contribution in [0.1, 0.15) is 11.6 Å². The molecule has 1 fully saturated rings. The van der Waals surface area contributed by atoms with Crippen LogP contribution in [0.4, 0.5) is 0 Å². The molecule has 2 atom stereocenters. The number of nitrogens with one attached hydrogen (secondary N) is 1. The Labute approximate surface area is 111 Å². The van der Waals surface area contributed by atoms with E-state index in [1.807, 2.05) is 12.1 Å². The lowest BCUT2D eigenvalue weighted by atomic mass is 10.0. The highest BCUT2D eigenvalue weighted by Gasteiger charge is 2.24. The largest absolute Gasteiger partial charge is 0.600 e. The van der Waals surface area contributed by atoms with E-state index in [9.17, 15) is 5.21 Å². The van der Waals surface area contributed by atoms with Crippen molar-refractivity contribution in [1.29, 1.82) is 0 Å². The van der Waals surface area contributed by atoms with Gasteiger partial charge in [-0.05, 0) is 17.7 Å². The Kier molecular flexibility index (Phi) is 4.94. The van der Waals surface area contributed by atoms with E-state index in [4.69, 9.17) is 21.5 Å². The van der Waals surface area contributed by atoms with E-state index in [2.05, 4.69) is 4.90 Å². The molecule has 0 spiro atoms. The van der Waals surface area contributed by atoms with Gasteiger partial charge in [0.2, 0.25) is 0 Å². The van der Waals surface area contributed by atoms with Gasteiger partial charge in [-0.15, -0.1) is 0 Å². The zero-order chi connectivity index (χ0) is 13.0. The molecule has 6 heteroatoms. The van der Waals surface area contributed by atoms with Gasteiger partial charge in [0, 0.05) is 18.1 Å². The monoisotopic (exact) mass is 272 g/mol. The van der Waals surface area contributed by atoms with Gasteiger partial charge in [-0.3, -0.25) is 4.90 Å². The van der Waals surface area contributed by atoms with Crippen molar-refractivity contribution in [2.24, 2.45) is 0 Å². The van der Waals surface area contributed by atoms with Crippen LogP contribution in [-0.4, -0.2) is 43.0 Å². The molecule has 1 aromatic rings. The fourth-order valence-electron chi connectivity index (χ4n) is 2.20. The normalized spacial score (nSPS) is 20.6. The van der Waals surface area contributed by atoms with Crippen molar-refractivity contribution in [3.05, 3.63) is 40.1 Å². The second-order valence-electron chi connectivity index (χ2n) is 4.31. The Morgan fingerprint density at radius 3 is 2.50 bits per heavy atom. The summed E-state index contributed by atoms with van der Waals surface area (Å²) in [6.45, 7) is 2.94. The zero-order valence-corrected chi connectivity index (χ0v) is 10.8. The third-order valence-electron chi connectivity index (χ3n) is 3.11. The Bertz CT molecular complexity index is 366. The predicted molar refractivity (Wildman–Crippen MR) is 67.6 cm³/mol. The number of halogens is 1. The topological polar surface area (TPSA) is 60.2 Å². The molecule has 2 rings (SSSR count). The highest BCUT2D eigenvalue weighted by Crippen LogP contribution is 2.22. The molecular weight excluding hydrogens is 256 g/mol. The van der Waals surface area contributed by atoms with E-state index in [1.165, 1.54) is 0 Å². The first-order valence-corrected chi connectivity index (χ1v) is 6.33. The predicted octanol–water partition coefficient (Wildman–Crippen LogP) is 0.485. The molecule has 1 aliphatic heterocycles. The van der Waals surface area contributed by atoms with Gasteiger partial charge in [0.15, 0.2) is 0 Å². The van der Waals surface area contributed by atoms with Crippen LogP contribution in [0.15, 0.2) is 24.3 Å². The minimum atomic E-state index is -0.790. The maximum atomic E-state index is 11.0. The lowest BCUT2D eigenvalue weighted by molar-refractivity contribution is -1.05. The lowest BCUT2D eigenvalue weighted by Crippen LogP contribution is -3.05. The van der Waals surface area contributed by atoms with E-state index in [-0.39, 0.29) is 12.6 Å². The summed E-state index contributed by atoms with van der Waals surface area (Å²) in [5, 5.41) is 19.9. The molecule has 0 aromatic heterocycles. The van der Waals surface area contributed by atoms with Gasteiger partial charge in [-0.1, -0.05) is 23.7 Å². The molecule has 1 aromatic carbocycles. The third-order valence-corrected chi connectivity index (χ3v) is 3.36. The van der Waals surface area contributed by atoms with Gasteiger partial charge in [-0.2, -0.15) is 0 Å². The number of nitrogens with zero attached hydrogens (tertiary/aromatic N) is 1.